The highest BCUT2D eigenvalue weighted by Crippen LogP contribution is 2.15. The van der Waals surface area contributed by atoms with Crippen molar-refractivity contribution >= 4 is 18.1 Å². The Morgan fingerprint density at radius 1 is 1.37 bits per heavy atom. The maximum absolute atomic E-state index is 12.3. The molecule has 5 nitrogen and oxygen atoms in total. The molecule has 0 unspecified atom stereocenters. The average molecular weight is 288 g/mol. The van der Waals surface area contributed by atoms with E-state index in [2.05, 4.69) is 15.5 Å². The van der Waals surface area contributed by atoms with Crippen LogP contribution in [-0.4, -0.2) is 26.2 Å². The van der Waals surface area contributed by atoms with Crippen molar-refractivity contribution in [2.45, 2.75) is 26.9 Å². The highest BCUT2D eigenvalue weighted by Gasteiger charge is 2.07. The topological polar surface area (TPSA) is 47.7 Å². The lowest BCUT2D eigenvalue weighted by molar-refractivity contribution is 0.423. The van der Waals surface area contributed by atoms with E-state index in [4.69, 9.17) is 0 Å². The minimum absolute atomic E-state index is 0. The zero-order valence-corrected chi connectivity index (χ0v) is 12.2. The molecule has 0 aliphatic carbocycles. The fourth-order valence-corrected chi connectivity index (χ4v) is 1.94. The molecule has 2 heterocycles. The number of anilines is 1. The van der Waals surface area contributed by atoms with Crippen LogP contribution in [0.25, 0.3) is 0 Å². The summed E-state index contributed by atoms with van der Waals surface area (Å²) in [7, 11) is 1.90. The number of hydrogen-bond acceptors (Lipinski definition) is 3. The minimum atomic E-state index is -0.399. The first-order valence-electron chi connectivity index (χ1n) is 5.93. The summed E-state index contributed by atoms with van der Waals surface area (Å²) in [5, 5.41) is 11.7. The van der Waals surface area contributed by atoms with Gasteiger partial charge in [0.1, 0.15) is 6.67 Å². The van der Waals surface area contributed by atoms with E-state index in [1.54, 1.807) is 15.6 Å². The third kappa shape index (κ3) is 3.47. The molecule has 0 atom stereocenters. The molecule has 2 rings (SSSR count). The average Bonchev–Trinajstić information content (AvgIpc) is 2.82. The fraction of sp³-hybridized carbons (Fsp3) is 0.500. The van der Waals surface area contributed by atoms with Crippen LogP contribution in [0.4, 0.5) is 10.1 Å². The Labute approximate surface area is 118 Å². The van der Waals surface area contributed by atoms with Gasteiger partial charge >= 0.3 is 0 Å². The summed E-state index contributed by atoms with van der Waals surface area (Å²) in [6, 6.07) is 0. The summed E-state index contributed by atoms with van der Waals surface area (Å²) in [4.78, 5) is 0. The maximum Gasteiger partial charge on any atom is 0.109 e. The number of aryl methyl sites for hydroxylation is 3. The third-order valence-corrected chi connectivity index (χ3v) is 2.98. The van der Waals surface area contributed by atoms with Crippen LogP contribution >= 0.6 is 12.4 Å². The van der Waals surface area contributed by atoms with Crippen molar-refractivity contribution in [3.05, 3.63) is 29.3 Å². The molecule has 0 aromatic carbocycles. The van der Waals surface area contributed by atoms with Crippen molar-refractivity contribution in [3.63, 3.8) is 0 Å². The number of halogens is 2. The highest BCUT2D eigenvalue weighted by atomic mass is 35.5. The number of hydrogen-bond donors (Lipinski definition) is 1. The second-order valence-corrected chi connectivity index (χ2v) is 4.32. The Kier molecular flexibility index (Phi) is 5.35. The number of nitrogens with one attached hydrogen (secondary N) is 1. The molecule has 2 aromatic heterocycles. The summed E-state index contributed by atoms with van der Waals surface area (Å²) in [6.45, 7) is 4.52. The van der Waals surface area contributed by atoms with E-state index in [9.17, 15) is 4.39 Å². The van der Waals surface area contributed by atoms with Gasteiger partial charge in [-0.25, -0.2) is 4.39 Å². The van der Waals surface area contributed by atoms with Crippen LogP contribution in [0.3, 0.4) is 0 Å². The van der Waals surface area contributed by atoms with E-state index in [-0.39, 0.29) is 12.4 Å². The van der Waals surface area contributed by atoms with Gasteiger partial charge in [-0.2, -0.15) is 10.2 Å². The molecule has 0 saturated heterocycles. The summed E-state index contributed by atoms with van der Waals surface area (Å²) in [6.07, 6.45) is 3.72. The van der Waals surface area contributed by atoms with E-state index in [1.165, 1.54) is 0 Å². The standard InChI is InChI=1S/C12H18FN5.ClH/c1-9-11(8-17(3)16-9)6-14-12-7-15-18(5-4-13)10(12)2;/h7-8,14H,4-6H2,1-3H3;1H. The van der Waals surface area contributed by atoms with E-state index in [0.717, 1.165) is 22.6 Å². The summed E-state index contributed by atoms with van der Waals surface area (Å²) >= 11 is 0. The van der Waals surface area contributed by atoms with Gasteiger partial charge in [0.15, 0.2) is 0 Å². The van der Waals surface area contributed by atoms with Crippen molar-refractivity contribution < 1.29 is 4.39 Å². The Morgan fingerprint density at radius 2 is 2.11 bits per heavy atom. The molecule has 1 N–H and O–H groups in total. The molecule has 0 saturated carbocycles. The second-order valence-electron chi connectivity index (χ2n) is 4.32. The molecular weight excluding hydrogens is 269 g/mol. The lowest BCUT2D eigenvalue weighted by Gasteiger charge is -2.05. The van der Waals surface area contributed by atoms with Crippen LogP contribution < -0.4 is 5.32 Å². The van der Waals surface area contributed by atoms with Gasteiger partial charge in [0.25, 0.3) is 0 Å². The lowest BCUT2D eigenvalue weighted by Crippen LogP contribution is -2.05. The first-order chi connectivity index (χ1) is 8.61. The minimum Gasteiger partial charge on any atom is -0.378 e. The van der Waals surface area contributed by atoms with Gasteiger partial charge < -0.3 is 5.32 Å². The molecular formula is C12H19ClFN5. The molecule has 7 heteroatoms. The summed E-state index contributed by atoms with van der Waals surface area (Å²) in [5.74, 6) is 0. The number of alkyl halides is 1. The molecule has 0 aliphatic heterocycles. The normalized spacial score (nSPS) is 10.3. The van der Waals surface area contributed by atoms with Crippen LogP contribution in [0.2, 0.25) is 0 Å². The van der Waals surface area contributed by atoms with Gasteiger partial charge in [0, 0.05) is 25.4 Å². The Balaban J connectivity index is 0.00000180. The Bertz CT molecular complexity index is 534. The smallest absolute Gasteiger partial charge is 0.109 e. The van der Waals surface area contributed by atoms with Crippen molar-refractivity contribution in [1.29, 1.82) is 0 Å². The van der Waals surface area contributed by atoms with Crippen molar-refractivity contribution in [1.82, 2.24) is 19.6 Å². The largest absolute Gasteiger partial charge is 0.378 e. The molecule has 0 amide bonds. The zero-order valence-electron chi connectivity index (χ0n) is 11.4. The van der Waals surface area contributed by atoms with Crippen LogP contribution in [0, 0.1) is 13.8 Å². The van der Waals surface area contributed by atoms with Crippen LogP contribution in [-0.2, 0) is 20.1 Å². The molecule has 0 spiro atoms. The number of rotatable bonds is 5. The summed E-state index contributed by atoms with van der Waals surface area (Å²) in [5.41, 5.74) is 4.05. The van der Waals surface area contributed by atoms with Crippen LogP contribution in [0.15, 0.2) is 12.4 Å². The van der Waals surface area contributed by atoms with E-state index in [1.807, 2.05) is 27.1 Å². The van der Waals surface area contributed by atoms with Gasteiger partial charge in [0.2, 0.25) is 0 Å². The molecule has 0 radical (unpaired) electrons. The molecule has 0 fully saturated rings. The predicted molar refractivity (Wildman–Crippen MR) is 75.5 cm³/mol. The van der Waals surface area contributed by atoms with Crippen molar-refractivity contribution in [2.75, 3.05) is 12.0 Å². The maximum atomic E-state index is 12.3. The van der Waals surface area contributed by atoms with Gasteiger partial charge in [0.05, 0.1) is 29.8 Å². The summed E-state index contributed by atoms with van der Waals surface area (Å²) < 4.78 is 15.7. The Morgan fingerprint density at radius 3 is 2.68 bits per heavy atom. The quantitative estimate of drug-likeness (QED) is 0.917. The number of aromatic nitrogens is 4. The van der Waals surface area contributed by atoms with Crippen molar-refractivity contribution in [3.8, 4) is 0 Å². The predicted octanol–water partition coefficient (Wildman–Crippen LogP) is 2.24. The molecule has 0 bridgehead atoms. The monoisotopic (exact) mass is 287 g/mol. The van der Waals surface area contributed by atoms with Gasteiger partial charge in [-0.05, 0) is 13.8 Å². The zero-order chi connectivity index (χ0) is 13.1. The SMILES string of the molecule is Cc1nn(C)cc1CNc1cnn(CCF)c1C.Cl. The Hall–Kier alpha value is -1.56. The molecule has 0 aliphatic rings. The van der Waals surface area contributed by atoms with Crippen molar-refractivity contribution in [2.24, 2.45) is 7.05 Å². The molecule has 2 aromatic rings. The first-order valence-corrected chi connectivity index (χ1v) is 5.93. The number of nitrogens with zero attached hydrogens (tertiary/aromatic N) is 4. The van der Waals surface area contributed by atoms with Gasteiger partial charge in [-0.3, -0.25) is 9.36 Å². The highest BCUT2D eigenvalue weighted by molar-refractivity contribution is 5.85. The second kappa shape index (κ2) is 6.56. The van der Waals surface area contributed by atoms with Gasteiger partial charge in [-0.15, -0.1) is 12.4 Å². The fourth-order valence-electron chi connectivity index (χ4n) is 1.94. The lowest BCUT2D eigenvalue weighted by atomic mass is 10.2. The van der Waals surface area contributed by atoms with E-state index < -0.39 is 6.67 Å². The molecule has 106 valence electrons. The third-order valence-electron chi connectivity index (χ3n) is 2.98. The van der Waals surface area contributed by atoms with Gasteiger partial charge in [-0.1, -0.05) is 0 Å². The first kappa shape index (κ1) is 15.5. The van der Waals surface area contributed by atoms with Crippen LogP contribution in [0.5, 0.6) is 0 Å². The molecule has 19 heavy (non-hydrogen) atoms. The van der Waals surface area contributed by atoms with E-state index >= 15 is 0 Å². The van der Waals surface area contributed by atoms with E-state index in [0.29, 0.717) is 13.1 Å². The van der Waals surface area contributed by atoms with Crippen LogP contribution in [0.1, 0.15) is 17.0 Å².